The minimum absolute atomic E-state index is 0.00301. The van der Waals surface area contributed by atoms with Crippen molar-refractivity contribution in [3.63, 3.8) is 0 Å². The molecule has 1 aromatic heterocycles. The molecule has 134 valence electrons. The normalized spacial score (nSPS) is 16.0. The number of carbonyl (C=O) groups excluding carboxylic acids is 1. The second kappa shape index (κ2) is 7.55. The van der Waals surface area contributed by atoms with E-state index in [4.69, 9.17) is 4.98 Å². The number of unbranched alkanes of at least 4 members (excludes halogenated alkanes) is 4. The highest BCUT2D eigenvalue weighted by molar-refractivity contribution is 6.10. The maximum absolute atomic E-state index is 12.9. The van der Waals surface area contributed by atoms with E-state index >= 15 is 0 Å². The van der Waals surface area contributed by atoms with E-state index in [1.807, 2.05) is 18.2 Å². The number of anilines is 1. The van der Waals surface area contributed by atoms with E-state index in [2.05, 4.69) is 32.2 Å². The first-order valence-corrected chi connectivity index (χ1v) is 9.70. The summed E-state index contributed by atoms with van der Waals surface area (Å²) in [6.07, 6.45) is 7.72. The molecule has 0 radical (unpaired) electrons. The largest absolute Gasteiger partial charge is 0.384 e. The van der Waals surface area contributed by atoms with Crippen molar-refractivity contribution in [2.45, 2.75) is 65.7 Å². The van der Waals surface area contributed by atoms with Crippen LogP contribution < -0.4 is 5.32 Å². The molecule has 0 spiro atoms. The molecule has 1 aliphatic rings. The summed E-state index contributed by atoms with van der Waals surface area (Å²) in [6.45, 7) is 7.47. The van der Waals surface area contributed by atoms with Crippen LogP contribution in [-0.4, -0.2) is 17.3 Å². The maximum atomic E-state index is 12.9. The lowest BCUT2D eigenvalue weighted by Gasteiger charge is -2.31. The number of carbonyl (C=O) groups is 1. The first-order valence-electron chi connectivity index (χ1n) is 9.70. The zero-order valence-electron chi connectivity index (χ0n) is 15.8. The monoisotopic (exact) mass is 338 g/mol. The van der Waals surface area contributed by atoms with Gasteiger partial charge in [-0.1, -0.05) is 64.7 Å². The lowest BCUT2D eigenvalue weighted by molar-refractivity contribution is 0.0911. The highest BCUT2D eigenvalue weighted by Gasteiger charge is 2.34. The summed E-state index contributed by atoms with van der Waals surface area (Å²) in [5, 5.41) is 4.66. The molecule has 1 aromatic carbocycles. The second-order valence-electron chi connectivity index (χ2n) is 8.11. The third-order valence-corrected chi connectivity index (χ3v) is 5.11. The van der Waals surface area contributed by atoms with E-state index in [0.717, 1.165) is 47.2 Å². The van der Waals surface area contributed by atoms with Crippen molar-refractivity contribution in [2.75, 3.05) is 11.9 Å². The van der Waals surface area contributed by atoms with E-state index in [-0.39, 0.29) is 11.2 Å². The van der Waals surface area contributed by atoms with Gasteiger partial charge in [-0.15, -0.1) is 0 Å². The molecule has 0 fully saturated rings. The van der Waals surface area contributed by atoms with Crippen molar-refractivity contribution in [2.24, 2.45) is 5.41 Å². The number of pyridine rings is 1. The molecule has 0 aliphatic heterocycles. The Hall–Kier alpha value is -1.90. The number of Topliss-reactive ketones (excluding diaryl/α,β-unsaturated/α-hetero) is 1. The fraction of sp³-hybridized carbons (Fsp3) is 0.545. The molecule has 0 atom stereocenters. The lowest BCUT2D eigenvalue weighted by atomic mass is 9.75. The summed E-state index contributed by atoms with van der Waals surface area (Å²) in [5.74, 6) is 0.234. The molecule has 2 aromatic rings. The second-order valence-corrected chi connectivity index (χ2v) is 8.11. The van der Waals surface area contributed by atoms with Crippen LogP contribution in [0.25, 0.3) is 10.9 Å². The Labute approximate surface area is 151 Å². The average Bonchev–Trinajstić information content (AvgIpc) is 2.55. The first-order chi connectivity index (χ1) is 12.0. The Bertz CT molecular complexity index is 764. The van der Waals surface area contributed by atoms with Gasteiger partial charge < -0.3 is 5.32 Å². The van der Waals surface area contributed by atoms with Gasteiger partial charge in [-0.25, -0.2) is 0 Å². The highest BCUT2D eigenvalue weighted by Crippen LogP contribution is 2.39. The summed E-state index contributed by atoms with van der Waals surface area (Å²) in [7, 11) is 0. The number of para-hydroxylation sites is 1. The SMILES string of the molecule is CCCCCCCNc1c2c(nc3ccccc13)CC(C)(C)CC2=O. The van der Waals surface area contributed by atoms with Crippen molar-refractivity contribution in [3.05, 3.63) is 35.5 Å². The van der Waals surface area contributed by atoms with Gasteiger partial charge in [0.1, 0.15) is 0 Å². The zero-order chi connectivity index (χ0) is 17.9. The lowest BCUT2D eigenvalue weighted by Crippen LogP contribution is -2.29. The number of aromatic nitrogens is 1. The fourth-order valence-corrected chi connectivity index (χ4v) is 3.86. The summed E-state index contributed by atoms with van der Waals surface area (Å²) in [4.78, 5) is 17.7. The van der Waals surface area contributed by atoms with Crippen molar-refractivity contribution >= 4 is 22.4 Å². The molecule has 0 bridgehead atoms. The Kier molecular flexibility index (Phi) is 5.41. The standard InChI is InChI=1S/C22H30N2O/c1-4-5-6-7-10-13-23-21-16-11-8-9-12-17(16)24-18-14-22(2,3)15-19(25)20(18)21/h8-9,11-12H,4-7,10,13-15H2,1-3H3,(H,23,24). The number of nitrogens with zero attached hydrogens (tertiary/aromatic N) is 1. The fourth-order valence-electron chi connectivity index (χ4n) is 3.86. The van der Waals surface area contributed by atoms with Crippen LogP contribution in [0.2, 0.25) is 0 Å². The number of hydrogen-bond donors (Lipinski definition) is 1. The molecule has 0 unspecified atom stereocenters. The minimum atomic E-state index is -0.00301. The number of benzene rings is 1. The summed E-state index contributed by atoms with van der Waals surface area (Å²) >= 11 is 0. The van der Waals surface area contributed by atoms with E-state index in [9.17, 15) is 4.79 Å². The molecule has 0 saturated carbocycles. The predicted molar refractivity (Wildman–Crippen MR) is 105 cm³/mol. The molecule has 3 nitrogen and oxygen atoms in total. The number of nitrogens with one attached hydrogen (secondary N) is 1. The van der Waals surface area contributed by atoms with Crippen LogP contribution in [0, 0.1) is 5.41 Å². The smallest absolute Gasteiger partial charge is 0.167 e. The van der Waals surface area contributed by atoms with Gasteiger partial charge in [-0.05, 0) is 24.3 Å². The highest BCUT2D eigenvalue weighted by atomic mass is 16.1. The number of fused-ring (bicyclic) bond motifs is 2. The topological polar surface area (TPSA) is 42.0 Å². The molecular weight excluding hydrogens is 308 g/mol. The molecular formula is C22H30N2O. The average molecular weight is 338 g/mol. The molecule has 1 aliphatic carbocycles. The van der Waals surface area contributed by atoms with Gasteiger partial charge in [0.05, 0.1) is 22.5 Å². The Morgan fingerprint density at radius 1 is 1.08 bits per heavy atom. The van der Waals surface area contributed by atoms with Crippen LogP contribution in [0.5, 0.6) is 0 Å². The van der Waals surface area contributed by atoms with Crippen molar-refractivity contribution in [1.82, 2.24) is 4.98 Å². The summed E-state index contributed by atoms with van der Waals surface area (Å²) < 4.78 is 0. The minimum Gasteiger partial charge on any atom is -0.384 e. The first kappa shape index (κ1) is 17.9. The van der Waals surface area contributed by atoms with Crippen LogP contribution in [0.4, 0.5) is 5.69 Å². The van der Waals surface area contributed by atoms with Crippen LogP contribution >= 0.6 is 0 Å². The molecule has 3 heteroatoms. The summed E-state index contributed by atoms with van der Waals surface area (Å²) in [5.41, 5.74) is 3.80. The van der Waals surface area contributed by atoms with E-state index in [1.54, 1.807) is 0 Å². The third-order valence-electron chi connectivity index (χ3n) is 5.11. The van der Waals surface area contributed by atoms with E-state index in [0.29, 0.717) is 6.42 Å². The Morgan fingerprint density at radius 2 is 1.84 bits per heavy atom. The molecule has 3 rings (SSSR count). The summed E-state index contributed by atoms with van der Waals surface area (Å²) in [6, 6.07) is 8.18. The van der Waals surface area contributed by atoms with Crippen LogP contribution in [0.3, 0.4) is 0 Å². The maximum Gasteiger partial charge on any atom is 0.167 e. The van der Waals surface area contributed by atoms with Gasteiger partial charge in [0, 0.05) is 18.4 Å². The molecule has 25 heavy (non-hydrogen) atoms. The van der Waals surface area contributed by atoms with Crippen LogP contribution in [0.1, 0.15) is 75.3 Å². The van der Waals surface area contributed by atoms with Crippen LogP contribution in [-0.2, 0) is 6.42 Å². The Balaban J connectivity index is 1.90. The zero-order valence-corrected chi connectivity index (χ0v) is 15.8. The third kappa shape index (κ3) is 4.02. The van der Waals surface area contributed by atoms with Crippen molar-refractivity contribution in [1.29, 1.82) is 0 Å². The number of hydrogen-bond acceptors (Lipinski definition) is 3. The molecule has 0 saturated heterocycles. The number of ketones is 1. The predicted octanol–water partition coefficient (Wildman–Crippen LogP) is 5.77. The van der Waals surface area contributed by atoms with Gasteiger partial charge in [0.25, 0.3) is 0 Å². The van der Waals surface area contributed by atoms with Gasteiger partial charge in [-0.3, -0.25) is 9.78 Å². The van der Waals surface area contributed by atoms with Gasteiger partial charge in [0.2, 0.25) is 0 Å². The molecule has 1 heterocycles. The quantitative estimate of drug-likeness (QED) is 0.651. The van der Waals surface area contributed by atoms with Crippen molar-refractivity contribution in [3.8, 4) is 0 Å². The van der Waals surface area contributed by atoms with Crippen LogP contribution in [0.15, 0.2) is 24.3 Å². The number of rotatable bonds is 7. The van der Waals surface area contributed by atoms with Gasteiger partial charge in [0.15, 0.2) is 5.78 Å². The van der Waals surface area contributed by atoms with Crippen molar-refractivity contribution < 1.29 is 4.79 Å². The Morgan fingerprint density at radius 3 is 2.64 bits per heavy atom. The van der Waals surface area contributed by atoms with Gasteiger partial charge >= 0.3 is 0 Å². The van der Waals surface area contributed by atoms with Gasteiger partial charge in [-0.2, -0.15) is 0 Å². The molecule has 0 amide bonds. The molecule has 1 N–H and O–H groups in total. The van der Waals surface area contributed by atoms with E-state index < -0.39 is 0 Å². The van der Waals surface area contributed by atoms with E-state index in [1.165, 1.54) is 25.7 Å².